The van der Waals surface area contributed by atoms with Crippen molar-refractivity contribution >= 4 is 17.7 Å². The van der Waals surface area contributed by atoms with E-state index in [9.17, 15) is 14.4 Å². The van der Waals surface area contributed by atoms with Crippen molar-refractivity contribution in [1.29, 1.82) is 0 Å². The highest BCUT2D eigenvalue weighted by atomic mass is 16.2. The topological polar surface area (TPSA) is 69.7 Å². The normalized spacial score (nSPS) is 14.6. The number of rotatable bonds is 4. The summed E-state index contributed by atoms with van der Waals surface area (Å²) in [5.74, 6) is -0.539. The van der Waals surface area contributed by atoms with E-state index in [-0.39, 0.29) is 30.8 Å². The van der Waals surface area contributed by atoms with Crippen molar-refractivity contribution in [1.82, 2.24) is 15.1 Å². The zero-order valence-electron chi connectivity index (χ0n) is 10.4. The van der Waals surface area contributed by atoms with Crippen LogP contribution in [0.4, 0.5) is 0 Å². The van der Waals surface area contributed by atoms with Gasteiger partial charge < -0.3 is 15.1 Å². The highest BCUT2D eigenvalue weighted by molar-refractivity contribution is 5.87. The van der Waals surface area contributed by atoms with E-state index < -0.39 is 0 Å². The maximum Gasteiger partial charge on any atom is 0.241 e. The van der Waals surface area contributed by atoms with E-state index >= 15 is 0 Å². The molecule has 1 saturated heterocycles. The van der Waals surface area contributed by atoms with Crippen molar-refractivity contribution in [3.05, 3.63) is 0 Å². The third-order valence-corrected chi connectivity index (χ3v) is 2.81. The third kappa shape index (κ3) is 4.42. The molecule has 6 nitrogen and oxygen atoms in total. The van der Waals surface area contributed by atoms with E-state index in [2.05, 4.69) is 5.32 Å². The van der Waals surface area contributed by atoms with Gasteiger partial charge in [0.1, 0.15) is 0 Å². The molecule has 0 aromatic heterocycles. The number of amides is 3. The number of carbonyl (C=O) groups excluding carboxylic acids is 3. The molecule has 0 bridgehead atoms. The average molecular weight is 241 g/mol. The first-order valence-electron chi connectivity index (χ1n) is 5.77. The molecule has 1 heterocycles. The Hall–Kier alpha value is -1.59. The molecule has 0 aromatic rings. The monoisotopic (exact) mass is 241 g/mol. The van der Waals surface area contributed by atoms with Crippen molar-refractivity contribution in [2.75, 3.05) is 33.2 Å². The molecule has 0 atom stereocenters. The Morgan fingerprint density at radius 1 is 1.24 bits per heavy atom. The van der Waals surface area contributed by atoms with E-state index in [1.54, 1.807) is 11.9 Å². The van der Waals surface area contributed by atoms with Crippen LogP contribution in [0.1, 0.15) is 19.8 Å². The molecule has 6 heteroatoms. The summed E-state index contributed by atoms with van der Waals surface area (Å²) in [7, 11) is 1.55. The Morgan fingerprint density at radius 2 is 1.82 bits per heavy atom. The highest BCUT2D eigenvalue weighted by Crippen LogP contribution is 2.06. The van der Waals surface area contributed by atoms with Crippen LogP contribution in [0.5, 0.6) is 0 Å². The maximum absolute atomic E-state index is 11.6. The molecule has 0 aromatic carbocycles. The SMILES string of the molecule is CC(=O)N(C)CC(=O)NCC(=O)N1CCCC1. The molecule has 1 rings (SSSR count). The van der Waals surface area contributed by atoms with Gasteiger partial charge >= 0.3 is 0 Å². The van der Waals surface area contributed by atoms with Gasteiger partial charge in [-0.15, -0.1) is 0 Å². The lowest BCUT2D eigenvalue weighted by molar-refractivity contribution is -0.134. The van der Waals surface area contributed by atoms with Gasteiger partial charge in [0.2, 0.25) is 17.7 Å². The number of carbonyl (C=O) groups is 3. The van der Waals surface area contributed by atoms with Crippen molar-refractivity contribution < 1.29 is 14.4 Å². The van der Waals surface area contributed by atoms with E-state index in [1.807, 2.05) is 0 Å². The van der Waals surface area contributed by atoms with E-state index in [4.69, 9.17) is 0 Å². The Balaban J connectivity index is 2.23. The summed E-state index contributed by atoms with van der Waals surface area (Å²) in [5, 5.41) is 2.52. The van der Waals surface area contributed by atoms with Gasteiger partial charge in [-0.3, -0.25) is 14.4 Å². The van der Waals surface area contributed by atoms with Gasteiger partial charge in [-0.25, -0.2) is 0 Å². The second-order valence-electron chi connectivity index (χ2n) is 4.24. The minimum atomic E-state index is -0.310. The quantitative estimate of drug-likeness (QED) is 0.701. The molecule has 1 fully saturated rings. The largest absolute Gasteiger partial charge is 0.345 e. The van der Waals surface area contributed by atoms with Gasteiger partial charge in [0.05, 0.1) is 13.1 Å². The van der Waals surface area contributed by atoms with Crippen LogP contribution in [-0.4, -0.2) is 60.7 Å². The summed E-state index contributed by atoms with van der Waals surface area (Å²) >= 11 is 0. The van der Waals surface area contributed by atoms with Crippen molar-refractivity contribution in [2.45, 2.75) is 19.8 Å². The van der Waals surface area contributed by atoms with Crippen LogP contribution in [0.3, 0.4) is 0 Å². The molecule has 1 aliphatic rings. The number of likely N-dealkylation sites (tertiary alicyclic amines) is 1. The molecular formula is C11H19N3O3. The standard InChI is InChI=1S/C11H19N3O3/c1-9(15)13(2)8-10(16)12-7-11(17)14-5-3-4-6-14/h3-8H2,1-2H3,(H,12,16). The maximum atomic E-state index is 11.6. The fourth-order valence-corrected chi connectivity index (χ4v) is 1.64. The van der Waals surface area contributed by atoms with E-state index in [0.717, 1.165) is 25.9 Å². The minimum absolute atomic E-state index is 0.0113. The first kappa shape index (κ1) is 13.5. The van der Waals surface area contributed by atoms with Crippen LogP contribution in [0, 0.1) is 0 Å². The predicted molar refractivity (Wildman–Crippen MR) is 62.1 cm³/mol. The van der Waals surface area contributed by atoms with Crippen molar-refractivity contribution in [3.8, 4) is 0 Å². The molecule has 0 spiro atoms. The number of hydrogen-bond donors (Lipinski definition) is 1. The number of likely N-dealkylation sites (N-methyl/N-ethyl adjacent to an activating group) is 1. The highest BCUT2D eigenvalue weighted by Gasteiger charge is 2.18. The molecular weight excluding hydrogens is 222 g/mol. The van der Waals surface area contributed by atoms with Crippen LogP contribution in [0.25, 0.3) is 0 Å². The molecule has 96 valence electrons. The third-order valence-electron chi connectivity index (χ3n) is 2.81. The number of nitrogens with zero attached hydrogens (tertiary/aromatic N) is 2. The fraction of sp³-hybridized carbons (Fsp3) is 0.727. The molecule has 0 unspecified atom stereocenters. The summed E-state index contributed by atoms with van der Waals surface area (Å²) < 4.78 is 0. The van der Waals surface area contributed by atoms with E-state index in [1.165, 1.54) is 11.8 Å². The summed E-state index contributed by atoms with van der Waals surface area (Å²) in [5.41, 5.74) is 0. The van der Waals surface area contributed by atoms with Gasteiger partial charge in [0.25, 0.3) is 0 Å². The van der Waals surface area contributed by atoms with Gasteiger partial charge in [0, 0.05) is 27.1 Å². The lowest BCUT2D eigenvalue weighted by Crippen LogP contribution is -2.42. The zero-order valence-corrected chi connectivity index (χ0v) is 10.4. The molecule has 17 heavy (non-hydrogen) atoms. The Kier molecular flexibility index (Phi) is 4.93. The average Bonchev–Trinajstić information content (AvgIpc) is 2.79. The Morgan fingerprint density at radius 3 is 2.35 bits per heavy atom. The van der Waals surface area contributed by atoms with Gasteiger partial charge in [-0.1, -0.05) is 0 Å². The van der Waals surface area contributed by atoms with Gasteiger partial charge in [0.15, 0.2) is 0 Å². The van der Waals surface area contributed by atoms with Crippen LogP contribution < -0.4 is 5.32 Å². The first-order chi connectivity index (χ1) is 8.00. The smallest absolute Gasteiger partial charge is 0.241 e. The van der Waals surface area contributed by atoms with E-state index in [0.29, 0.717) is 0 Å². The fourth-order valence-electron chi connectivity index (χ4n) is 1.64. The Labute approximate surface area is 101 Å². The van der Waals surface area contributed by atoms with Crippen LogP contribution in [0.15, 0.2) is 0 Å². The second kappa shape index (κ2) is 6.22. The zero-order chi connectivity index (χ0) is 12.8. The lowest BCUT2D eigenvalue weighted by Gasteiger charge is -2.17. The molecule has 3 amide bonds. The lowest BCUT2D eigenvalue weighted by atomic mass is 10.4. The molecule has 0 aliphatic carbocycles. The number of nitrogens with one attached hydrogen (secondary N) is 1. The molecule has 1 N–H and O–H groups in total. The van der Waals surface area contributed by atoms with Crippen molar-refractivity contribution in [3.63, 3.8) is 0 Å². The van der Waals surface area contributed by atoms with Crippen LogP contribution in [-0.2, 0) is 14.4 Å². The second-order valence-corrected chi connectivity index (χ2v) is 4.24. The summed E-state index contributed by atoms with van der Waals surface area (Å²) in [6.45, 7) is 2.96. The summed E-state index contributed by atoms with van der Waals surface area (Å²) in [6, 6.07) is 0. The summed E-state index contributed by atoms with van der Waals surface area (Å²) in [6.07, 6.45) is 2.07. The molecule has 0 radical (unpaired) electrons. The van der Waals surface area contributed by atoms with Crippen LogP contribution >= 0.6 is 0 Å². The minimum Gasteiger partial charge on any atom is -0.345 e. The van der Waals surface area contributed by atoms with Gasteiger partial charge in [-0.05, 0) is 12.8 Å². The van der Waals surface area contributed by atoms with Crippen molar-refractivity contribution in [2.24, 2.45) is 0 Å². The molecule has 0 saturated carbocycles. The molecule has 1 aliphatic heterocycles. The van der Waals surface area contributed by atoms with Crippen LogP contribution in [0.2, 0.25) is 0 Å². The summed E-state index contributed by atoms with van der Waals surface area (Å²) in [4.78, 5) is 36.9. The Bertz CT molecular complexity index is 311. The first-order valence-corrected chi connectivity index (χ1v) is 5.77. The van der Waals surface area contributed by atoms with Gasteiger partial charge in [-0.2, -0.15) is 0 Å². The predicted octanol–water partition coefficient (Wildman–Crippen LogP) is -0.797. The number of hydrogen-bond acceptors (Lipinski definition) is 3.